The van der Waals surface area contributed by atoms with Crippen molar-refractivity contribution in [1.82, 2.24) is 10.6 Å². The Morgan fingerprint density at radius 2 is 2.15 bits per heavy atom. The first kappa shape index (κ1) is 20.5. The molecule has 0 radical (unpaired) electrons. The second kappa shape index (κ2) is 11.8. The molecule has 0 spiro atoms. The number of hydrogen-bond acceptors (Lipinski definition) is 4. The minimum Gasteiger partial charge on any atom is -0.493 e. The van der Waals surface area contributed by atoms with E-state index in [0.29, 0.717) is 12.5 Å². The van der Waals surface area contributed by atoms with Gasteiger partial charge < -0.3 is 24.8 Å². The van der Waals surface area contributed by atoms with Crippen molar-refractivity contribution in [2.75, 3.05) is 40.0 Å². The third kappa shape index (κ3) is 7.62. The van der Waals surface area contributed by atoms with Crippen molar-refractivity contribution in [2.24, 2.45) is 10.9 Å². The van der Waals surface area contributed by atoms with Gasteiger partial charge in [0.15, 0.2) is 5.96 Å². The van der Waals surface area contributed by atoms with Gasteiger partial charge in [-0.05, 0) is 24.8 Å². The van der Waals surface area contributed by atoms with Gasteiger partial charge in [0.25, 0.3) is 0 Å². The number of para-hydroxylation sites is 1. The van der Waals surface area contributed by atoms with Gasteiger partial charge in [-0.1, -0.05) is 32.0 Å². The molecule has 146 valence electrons. The van der Waals surface area contributed by atoms with Crippen molar-refractivity contribution in [3.63, 3.8) is 0 Å². The summed E-state index contributed by atoms with van der Waals surface area (Å²) >= 11 is 0. The monoisotopic (exact) mass is 363 g/mol. The van der Waals surface area contributed by atoms with Gasteiger partial charge in [0.1, 0.15) is 5.75 Å². The first-order chi connectivity index (χ1) is 12.7. The molecule has 1 atom stereocenters. The molecule has 26 heavy (non-hydrogen) atoms. The number of guanidine groups is 1. The van der Waals surface area contributed by atoms with Crippen LogP contribution in [0.5, 0.6) is 5.75 Å². The highest BCUT2D eigenvalue weighted by molar-refractivity contribution is 5.79. The molecule has 0 amide bonds. The molecule has 0 bridgehead atoms. The zero-order chi connectivity index (χ0) is 18.6. The van der Waals surface area contributed by atoms with Gasteiger partial charge in [0, 0.05) is 38.9 Å². The van der Waals surface area contributed by atoms with Crippen LogP contribution >= 0.6 is 0 Å². The zero-order valence-corrected chi connectivity index (χ0v) is 16.3. The first-order valence-corrected chi connectivity index (χ1v) is 9.53. The van der Waals surface area contributed by atoms with E-state index in [9.17, 15) is 0 Å². The molecule has 1 unspecified atom stereocenters. The molecule has 1 aliphatic rings. The van der Waals surface area contributed by atoms with E-state index in [1.807, 2.05) is 18.2 Å². The average Bonchev–Trinajstić information content (AvgIpc) is 3.16. The number of nitrogens with one attached hydrogen (secondary N) is 2. The molecule has 0 saturated carbocycles. The van der Waals surface area contributed by atoms with Crippen LogP contribution in [0.25, 0.3) is 0 Å². The number of ether oxygens (including phenoxy) is 3. The van der Waals surface area contributed by atoms with Crippen molar-refractivity contribution in [3.8, 4) is 5.75 Å². The van der Waals surface area contributed by atoms with Crippen LogP contribution in [-0.2, 0) is 16.0 Å². The third-order valence-electron chi connectivity index (χ3n) is 4.07. The maximum Gasteiger partial charge on any atom is 0.191 e. The minimum atomic E-state index is 0.273. The molecular weight excluding hydrogens is 330 g/mol. The van der Waals surface area contributed by atoms with E-state index in [2.05, 4.69) is 35.5 Å². The molecular formula is C20H33N3O3. The summed E-state index contributed by atoms with van der Waals surface area (Å²) in [5, 5.41) is 6.67. The summed E-state index contributed by atoms with van der Waals surface area (Å²) in [6.07, 6.45) is 2.22. The molecule has 0 aliphatic carbocycles. The predicted octanol–water partition coefficient (Wildman–Crippen LogP) is 2.58. The molecule has 1 aromatic rings. The predicted molar refractivity (Wildman–Crippen MR) is 105 cm³/mol. The van der Waals surface area contributed by atoms with Crippen LogP contribution in [-0.4, -0.2) is 52.1 Å². The molecule has 2 rings (SSSR count). The van der Waals surface area contributed by atoms with Crippen molar-refractivity contribution in [1.29, 1.82) is 0 Å². The van der Waals surface area contributed by atoms with Crippen LogP contribution in [0.2, 0.25) is 0 Å². The molecule has 1 aliphatic heterocycles. The average molecular weight is 364 g/mol. The van der Waals surface area contributed by atoms with Crippen molar-refractivity contribution in [3.05, 3.63) is 29.8 Å². The Labute approximate surface area is 157 Å². The summed E-state index contributed by atoms with van der Waals surface area (Å²) < 4.78 is 17.0. The maximum atomic E-state index is 5.90. The molecule has 1 fully saturated rings. The van der Waals surface area contributed by atoms with Crippen LogP contribution in [0, 0.1) is 5.92 Å². The van der Waals surface area contributed by atoms with E-state index in [4.69, 9.17) is 14.2 Å². The lowest BCUT2D eigenvalue weighted by molar-refractivity contribution is 0.0420. The summed E-state index contributed by atoms with van der Waals surface area (Å²) in [5.74, 6) is 2.22. The number of rotatable bonds is 10. The molecule has 1 saturated heterocycles. The zero-order valence-electron chi connectivity index (χ0n) is 16.3. The van der Waals surface area contributed by atoms with E-state index in [-0.39, 0.29) is 6.10 Å². The van der Waals surface area contributed by atoms with Crippen LogP contribution < -0.4 is 15.4 Å². The highest BCUT2D eigenvalue weighted by Crippen LogP contribution is 2.18. The summed E-state index contributed by atoms with van der Waals surface area (Å²) in [4.78, 5) is 4.27. The number of hydrogen-bond donors (Lipinski definition) is 2. The molecule has 6 nitrogen and oxygen atoms in total. The van der Waals surface area contributed by atoms with Gasteiger partial charge in [0.2, 0.25) is 0 Å². The Morgan fingerprint density at radius 3 is 2.88 bits per heavy atom. The first-order valence-electron chi connectivity index (χ1n) is 9.53. The molecule has 2 N–H and O–H groups in total. The maximum absolute atomic E-state index is 5.90. The van der Waals surface area contributed by atoms with Crippen molar-refractivity contribution in [2.45, 2.75) is 39.3 Å². The SMILES string of the molecule is CN=C(NCCCOC1CCOC1)NCc1ccccc1OCC(C)C. The third-order valence-corrected chi connectivity index (χ3v) is 4.07. The second-order valence-corrected chi connectivity index (χ2v) is 6.88. The number of benzene rings is 1. The Morgan fingerprint density at radius 1 is 1.31 bits per heavy atom. The highest BCUT2D eigenvalue weighted by Gasteiger charge is 2.15. The van der Waals surface area contributed by atoms with Gasteiger partial charge in [0.05, 0.1) is 19.3 Å². The minimum absolute atomic E-state index is 0.273. The van der Waals surface area contributed by atoms with Gasteiger partial charge in [-0.25, -0.2) is 0 Å². The number of nitrogens with zero attached hydrogens (tertiary/aromatic N) is 1. The lowest BCUT2D eigenvalue weighted by atomic mass is 10.2. The topological polar surface area (TPSA) is 64.1 Å². The molecule has 1 aromatic carbocycles. The summed E-state index contributed by atoms with van der Waals surface area (Å²) in [7, 11) is 1.78. The Bertz CT molecular complexity index is 543. The lowest BCUT2D eigenvalue weighted by Gasteiger charge is -2.16. The summed E-state index contributed by atoms with van der Waals surface area (Å²) in [6.45, 7) is 8.80. The lowest BCUT2D eigenvalue weighted by Crippen LogP contribution is -2.37. The van der Waals surface area contributed by atoms with E-state index >= 15 is 0 Å². The fourth-order valence-electron chi connectivity index (χ4n) is 2.62. The fraction of sp³-hybridized carbons (Fsp3) is 0.650. The summed E-state index contributed by atoms with van der Waals surface area (Å²) in [5.41, 5.74) is 1.13. The van der Waals surface area contributed by atoms with E-state index < -0.39 is 0 Å². The largest absolute Gasteiger partial charge is 0.493 e. The van der Waals surface area contributed by atoms with Crippen LogP contribution in [0.3, 0.4) is 0 Å². The van der Waals surface area contributed by atoms with Gasteiger partial charge in [-0.2, -0.15) is 0 Å². The van der Waals surface area contributed by atoms with Crippen molar-refractivity contribution < 1.29 is 14.2 Å². The number of aliphatic imine (C=N–C) groups is 1. The van der Waals surface area contributed by atoms with Crippen LogP contribution in [0.4, 0.5) is 0 Å². The van der Waals surface area contributed by atoms with Gasteiger partial charge >= 0.3 is 0 Å². The van der Waals surface area contributed by atoms with Gasteiger partial charge in [-0.15, -0.1) is 0 Å². The van der Waals surface area contributed by atoms with E-state index in [1.165, 1.54) is 0 Å². The quantitative estimate of drug-likeness (QED) is 0.380. The van der Waals surface area contributed by atoms with Gasteiger partial charge in [-0.3, -0.25) is 4.99 Å². The normalized spacial score (nSPS) is 17.5. The van der Waals surface area contributed by atoms with E-state index in [0.717, 1.165) is 63.1 Å². The molecule has 0 aromatic heterocycles. The highest BCUT2D eigenvalue weighted by atomic mass is 16.5. The van der Waals surface area contributed by atoms with Crippen LogP contribution in [0.1, 0.15) is 32.3 Å². The molecule has 6 heteroatoms. The second-order valence-electron chi connectivity index (χ2n) is 6.88. The Hall–Kier alpha value is -1.79. The molecule has 1 heterocycles. The Balaban J connectivity index is 1.67. The fourth-order valence-corrected chi connectivity index (χ4v) is 2.62. The standard InChI is InChI=1S/C20H33N3O3/c1-16(2)14-26-19-8-5-4-7-17(19)13-23-20(21-3)22-10-6-11-25-18-9-12-24-15-18/h4-5,7-8,16,18H,6,9-15H2,1-3H3,(H2,21,22,23). The summed E-state index contributed by atoms with van der Waals surface area (Å²) in [6, 6.07) is 8.12. The van der Waals surface area contributed by atoms with Crippen LogP contribution in [0.15, 0.2) is 29.3 Å². The smallest absolute Gasteiger partial charge is 0.191 e. The van der Waals surface area contributed by atoms with E-state index in [1.54, 1.807) is 7.05 Å². The van der Waals surface area contributed by atoms with Crippen molar-refractivity contribution >= 4 is 5.96 Å². The Kier molecular flexibility index (Phi) is 9.28.